The second kappa shape index (κ2) is 5.50. The first-order valence-electron chi connectivity index (χ1n) is 5.24. The van der Waals surface area contributed by atoms with E-state index in [1.165, 1.54) is 28.7 Å². The van der Waals surface area contributed by atoms with Crippen LogP contribution in [0.5, 0.6) is 0 Å². The molecular weight excluding hydrogens is 290 g/mol. The lowest BCUT2D eigenvalue weighted by molar-refractivity contribution is 0.285. The van der Waals surface area contributed by atoms with E-state index < -0.39 is 10.0 Å². The summed E-state index contributed by atoms with van der Waals surface area (Å²) in [5.41, 5.74) is 0.943. The minimum absolute atomic E-state index is 0.133. The fourth-order valence-corrected chi connectivity index (χ4v) is 4.70. The standard InChI is InChI=1S/C11H13NO3S3/c1-8-11(4-10(6-13)17-8)18(14,15)12-5-9-2-3-16-7-9/h2-4,7,12-13H,5-6H2,1H3. The average molecular weight is 303 g/mol. The van der Waals surface area contributed by atoms with Crippen LogP contribution in [0.15, 0.2) is 27.8 Å². The molecule has 4 nitrogen and oxygen atoms in total. The SMILES string of the molecule is Cc1sc(CO)cc1S(=O)(=O)NCc1ccsc1. The van der Waals surface area contributed by atoms with E-state index in [4.69, 9.17) is 5.11 Å². The summed E-state index contributed by atoms with van der Waals surface area (Å²) in [5, 5.41) is 12.8. The van der Waals surface area contributed by atoms with E-state index in [0.717, 1.165) is 5.56 Å². The third kappa shape index (κ3) is 2.99. The van der Waals surface area contributed by atoms with Gasteiger partial charge in [0, 0.05) is 16.3 Å². The van der Waals surface area contributed by atoms with Crippen LogP contribution in [0, 0.1) is 6.92 Å². The van der Waals surface area contributed by atoms with Crippen molar-refractivity contribution >= 4 is 32.7 Å². The molecule has 0 aliphatic carbocycles. The van der Waals surface area contributed by atoms with Gasteiger partial charge in [0.2, 0.25) is 10.0 Å². The van der Waals surface area contributed by atoms with Gasteiger partial charge in [-0.2, -0.15) is 11.3 Å². The molecule has 0 spiro atoms. The van der Waals surface area contributed by atoms with Gasteiger partial charge in [0.25, 0.3) is 0 Å². The zero-order valence-electron chi connectivity index (χ0n) is 9.71. The second-order valence-electron chi connectivity index (χ2n) is 3.75. The highest BCUT2D eigenvalue weighted by molar-refractivity contribution is 7.89. The number of sulfonamides is 1. The van der Waals surface area contributed by atoms with Gasteiger partial charge in [0.05, 0.1) is 11.5 Å². The maximum Gasteiger partial charge on any atom is 0.241 e. The van der Waals surface area contributed by atoms with Gasteiger partial charge in [0.15, 0.2) is 0 Å². The molecule has 0 aromatic carbocycles. The van der Waals surface area contributed by atoms with Crippen LogP contribution < -0.4 is 4.72 Å². The number of aliphatic hydroxyl groups excluding tert-OH is 1. The van der Waals surface area contributed by atoms with Crippen molar-refractivity contribution < 1.29 is 13.5 Å². The summed E-state index contributed by atoms with van der Waals surface area (Å²) in [7, 11) is -3.50. The van der Waals surface area contributed by atoms with Gasteiger partial charge in [-0.15, -0.1) is 11.3 Å². The van der Waals surface area contributed by atoms with Crippen molar-refractivity contribution in [1.29, 1.82) is 0 Å². The second-order valence-corrected chi connectivity index (χ2v) is 7.60. The molecule has 2 rings (SSSR count). The Bertz CT molecular complexity index is 614. The summed E-state index contributed by atoms with van der Waals surface area (Å²) in [5.74, 6) is 0. The van der Waals surface area contributed by atoms with Gasteiger partial charge in [-0.1, -0.05) is 0 Å². The molecule has 7 heteroatoms. The van der Waals surface area contributed by atoms with Gasteiger partial charge in [0.1, 0.15) is 0 Å². The molecular formula is C11H13NO3S3. The molecule has 0 atom stereocenters. The minimum Gasteiger partial charge on any atom is -0.391 e. The molecule has 0 unspecified atom stereocenters. The molecule has 2 heterocycles. The van der Waals surface area contributed by atoms with E-state index >= 15 is 0 Å². The van der Waals surface area contributed by atoms with Gasteiger partial charge in [-0.25, -0.2) is 13.1 Å². The van der Waals surface area contributed by atoms with E-state index in [2.05, 4.69) is 4.72 Å². The Morgan fingerprint density at radius 2 is 2.22 bits per heavy atom. The molecule has 0 amide bonds. The fourth-order valence-electron chi connectivity index (χ4n) is 1.52. The van der Waals surface area contributed by atoms with Gasteiger partial charge in [-0.3, -0.25) is 0 Å². The van der Waals surface area contributed by atoms with E-state index in [0.29, 0.717) is 9.75 Å². The molecule has 2 aromatic rings. The summed E-state index contributed by atoms with van der Waals surface area (Å²) < 4.78 is 26.7. The molecule has 0 saturated carbocycles. The Balaban J connectivity index is 2.17. The zero-order valence-corrected chi connectivity index (χ0v) is 12.2. The van der Waals surface area contributed by atoms with Crippen LogP contribution in [0.3, 0.4) is 0 Å². The molecule has 0 fully saturated rings. The van der Waals surface area contributed by atoms with E-state index in [-0.39, 0.29) is 18.0 Å². The predicted octanol–water partition coefficient (Wildman–Crippen LogP) is 2.09. The molecule has 2 N–H and O–H groups in total. The summed E-state index contributed by atoms with van der Waals surface area (Å²) in [6, 6.07) is 3.41. The lowest BCUT2D eigenvalue weighted by Gasteiger charge is -2.04. The van der Waals surface area contributed by atoms with Crippen LogP contribution in [0.4, 0.5) is 0 Å². The number of hydrogen-bond donors (Lipinski definition) is 2. The van der Waals surface area contributed by atoms with E-state index in [1.807, 2.05) is 16.8 Å². The highest BCUT2D eigenvalue weighted by Gasteiger charge is 2.19. The molecule has 0 aliphatic rings. The van der Waals surface area contributed by atoms with Crippen molar-refractivity contribution in [2.24, 2.45) is 0 Å². The van der Waals surface area contributed by atoms with Crippen LogP contribution in [0.2, 0.25) is 0 Å². The van der Waals surface area contributed by atoms with Crippen LogP contribution in [0.1, 0.15) is 15.3 Å². The molecule has 0 saturated heterocycles. The number of aliphatic hydroxyl groups is 1. The van der Waals surface area contributed by atoms with Crippen LogP contribution in [0.25, 0.3) is 0 Å². The van der Waals surface area contributed by atoms with Crippen molar-refractivity contribution in [3.63, 3.8) is 0 Å². The fraction of sp³-hybridized carbons (Fsp3) is 0.273. The topological polar surface area (TPSA) is 66.4 Å². The normalized spacial score (nSPS) is 11.9. The lowest BCUT2D eigenvalue weighted by atomic mass is 10.4. The maximum atomic E-state index is 12.1. The first kappa shape index (κ1) is 13.7. The monoisotopic (exact) mass is 303 g/mol. The van der Waals surface area contributed by atoms with Gasteiger partial charge >= 0.3 is 0 Å². The van der Waals surface area contributed by atoms with Crippen LogP contribution in [-0.4, -0.2) is 13.5 Å². The highest BCUT2D eigenvalue weighted by atomic mass is 32.2. The number of aryl methyl sites for hydroxylation is 1. The minimum atomic E-state index is -3.50. The molecule has 0 aliphatic heterocycles. The average Bonchev–Trinajstić information content (AvgIpc) is 2.95. The summed E-state index contributed by atoms with van der Waals surface area (Å²) in [4.78, 5) is 1.60. The Kier molecular flexibility index (Phi) is 4.18. The molecule has 2 aromatic heterocycles. The number of hydrogen-bond acceptors (Lipinski definition) is 5. The van der Waals surface area contributed by atoms with Crippen molar-refractivity contribution in [3.05, 3.63) is 38.2 Å². The van der Waals surface area contributed by atoms with Gasteiger partial charge < -0.3 is 5.11 Å². The zero-order chi connectivity index (χ0) is 13.2. The Morgan fingerprint density at radius 1 is 1.44 bits per heavy atom. The van der Waals surface area contributed by atoms with E-state index in [9.17, 15) is 8.42 Å². The molecule has 0 bridgehead atoms. The van der Waals surface area contributed by atoms with Crippen molar-refractivity contribution in [2.75, 3.05) is 0 Å². The first-order valence-corrected chi connectivity index (χ1v) is 8.48. The summed E-state index contributed by atoms with van der Waals surface area (Å²) in [6.07, 6.45) is 0. The highest BCUT2D eigenvalue weighted by Crippen LogP contribution is 2.25. The Hall–Kier alpha value is -0.730. The lowest BCUT2D eigenvalue weighted by Crippen LogP contribution is -2.23. The van der Waals surface area contributed by atoms with Crippen LogP contribution in [-0.2, 0) is 23.2 Å². The van der Waals surface area contributed by atoms with Crippen LogP contribution >= 0.6 is 22.7 Å². The maximum absolute atomic E-state index is 12.1. The molecule has 18 heavy (non-hydrogen) atoms. The molecule has 98 valence electrons. The summed E-state index contributed by atoms with van der Waals surface area (Å²) in [6.45, 7) is 1.89. The van der Waals surface area contributed by atoms with Crippen molar-refractivity contribution in [1.82, 2.24) is 4.72 Å². The number of rotatable bonds is 5. The van der Waals surface area contributed by atoms with E-state index in [1.54, 1.807) is 6.92 Å². The quantitative estimate of drug-likeness (QED) is 0.889. The largest absolute Gasteiger partial charge is 0.391 e. The number of thiophene rings is 2. The third-order valence-electron chi connectivity index (χ3n) is 2.42. The predicted molar refractivity (Wildman–Crippen MR) is 73.3 cm³/mol. The Morgan fingerprint density at radius 3 is 2.78 bits per heavy atom. The first-order chi connectivity index (χ1) is 8.53. The van der Waals surface area contributed by atoms with Crippen molar-refractivity contribution in [3.8, 4) is 0 Å². The number of nitrogens with one attached hydrogen (secondary N) is 1. The Labute approximate surface area is 114 Å². The smallest absolute Gasteiger partial charge is 0.241 e. The molecule has 0 radical (unpaired) electrons. The summed E-state index contributed by atoms with van der Waals surface area (Å²) >= 11 is 2.83. The van der Waals surface area contributed by atoms with Crippen molar-refractivity contribution in [2.45, 2.75) is 25.0 Å². The van der Waals surface area contributed by atoms with Gasteiger partial charge in [-0.05, 0) is 35.4 Å². The third-order valence-corrected chi connectivity index (χ3v) is 5.84.